The summed E-state index contributed by atoms with van der Waals surface area (Å²) in [6.07, 6.45) is 1.68. The highest BCUT2D eigenvalue weighted by molar-refractivity contribution is 9.10. The molecule has 1 fully saturated rings. The molecule has 1 amide bonds. The zero-order chi connectivity index (χ0) is 15.4. The normalized spacial score (nSPS) is 15.2. The second kappa shape index (κ2) is 11.5. The number of nitrogens with one attached hydrogen (secondary N) is 2. The van der Waals surface area contributed by atoms with E-state index < -0.39 is 0 Å². The molecule has 0 atom stereocenters. The summed E-state index contributed by atoms with van der Waals surface area (Å²) in [5.41, 5.74) is 4.31. The van der Waals surface area contributed by atoms with E-state index >= 15 is 0 Å². The number of hydrazone groups is 1. The van der Waals surface area contributed by atoms with Crippen LogP contribution in [0.2, 0.25) is 0 Å². The fourth-order valence-electron chi connectivity index (χ4n) is 1.44. The van der Waals surface area contributed by atoms with Gasteiger partial charge >= 0.3 is 0 Å². The third-order valence-electron chi connectivity index (χ3n) is 2.30. The van der Waals surface area contributed by atoms with Crippen molar-refractivity contribution >= 4 is 33.2 Å². The Morgan fingerprint density at radius 1 is 1.15 bits per heavy atom. The summed E-state index contributed by atoms with van der Waals surface area (Å²) in [6.45, 7) is 8.75. The van der Waals surface area contributed by atoms with Crippen LogP contribution in [0, 0.1) is 0 Å². The lowest BCUT2D eigenvalue weighted by Crippen LogP contribution is -2.37. The number of rotatable bonds is 2. The molecule has 2 rings (SSSR count). The van der Waals surface area contributed by atoms with Gasteiger partial charge in [0.1, 0.15) is 5.71 Å². The molecule has 1 heterocycles. The molecule has 0 aromatic heterocycles. The van der Waals surface area contributed by atoms with Crippen LogP contribution in [0.15, 0.2) is 33.8 Å². The molecule has 1 aliphatic heterocycles. The molecule has 1 aromatic carbocycles. The first-order valence-corrected chi connectivity index (χ1v) is 7.91. The Balaban J connectivity index is 0.000000829. The lowest BCUT2D eigenvalue weighted by molar-refractivity contribution is -0.115. The van der Waals surface area contributed by atoms with Crippen LogP contribution < -0.4 is 10.7 Å². The molecule has 0 spiro atoms. The Morgan fingerprint density at radius 2 is 1.75 bits per heavy atom. The molecule has 0 saturated carbocycles. The van der Waals surface area contributed by atoms with E-state index in [2.05, 4.69) is 31.8 Å². The van der Waals surface area contributed by atoms with Crippen LogP contribution in [0.1, 0.15) is 40.5 Å². The molecule has 0 bridgehead atoms. The molecule has 1 aromatic rings. The fourth-order valence-corrected chi connectivity index (χ4v) is 1.70. The number of amides is 1. The Bertz CT molecular complexity index is 416. The van der Waals surface area contributed by atoms with Gasteiger partial charge in [-0.05, 0) is 37.1 Å². The SMILES string of the molecule is CC.CC.O=C1NCCC/C1=N/Nc1ccc(Br)cc1. The number of hydrogen-bond donors (Lipinski definition) is 2. The highest BCUT2D eigenvalue weighted by Gasteiger charge is 2.15. The van der Waals surface area contributed by atoms with Crippen molar-refractivity contribution in [2.45, 2.75) is 40.5 Å². The third-order valence-corrected chi connectivity index (χ3v) is 2.83. The number of nitrogens with zero attached hydrogens (tertiary/aromatic N) is 1. The molecular weight excluding hydrogens is 318 g/mol. The average Bonchev–Trinajstić information content (AvgIpc) is 2.52. The van der Waals surface area contributed by atoms with Gasteiger partial charge in [0.2, 0.25) is 0 Å². The van der Waals surface area contributed by atoms with Gasteiger partial charge < -0.3 is 5.32 Å². The lowest BCUT2D eigenvalue weighted by Gasteiger charge is -2.13. The minimum absolute atomic E-state index is 0.0733. The number of carbonyl (C=O) groups is 1. The summed E-state index contributed by atoms with van der Waals surface area (Å²) < 4.78 is 1.01. The van der Waals surface area contributed by atoms with Gasteiger partial charge in [-0.3, -0.25) is 10.2 Å². The summed E-state index contributed by atoms with van der Waals surface area (Å²) in [5.74, 6) is -0.0733. The van der Waals surface area contributed by atoms with Crippen LogP contribution in [0.5, 0.6) is 0 Å². The summed E-state index contributed by atoms with van der Waals surface area (Å²) in [5, 5.41) is 6.86. The van der Waals surface area contributed by atoms with Gasteiger partial charge in [-0.2, -0.15) is 5.10 Å². The number of halogens is 1. The summed E-state index contributed by atoms with van der Waals surface area (Å²) in [4.78, 5) is 11.4. The zero-order valence-corrected chi connectivity index (χ0v) is 14.3. The van der Waals surface area contributed by atoms with E-state index in [0.29, 0.717) is 5.71 Å². The van der Waals surface area contributed by atoms with E-state index in [4.69, 9.17) is 0 Å². The maximum atomic E-state index is 11.4. The van der Waals surface area contributed by atoms with Crippen molar-refractivity contribution in [3.8, 4) is 0 Å². The highest BCUT2D eigenvalue weighted by atomic mass is 79.9. The van der Waals surface area contributed by atoms with Gasteiger partial charge in [0.25, 0.3) is 5.91 Å². The summed E-state index contributed by atoms with van der Waals surface area (Å²) in [7, 11) is 0. The van der Waals surface area contributed by atoms with E-state index in [0.717, 1.165) is 29.5 Å². The quantitative estimate of drug-likeness (QED) is 0.792. The van der Waals surface area contributed by atoms with Crippen LogP contribution in [0.4, 0.5) is 5.69 Å². The molecule has 1 aliphatic rings. The van der Waals surface area contributed by atoms with Gasteiger partial charge in [-0.25, -0.2) is 0 Å². The second-order valence-corrected chi connectivity index (χ2v) is 4.45. The van der Waals surface area contributed by atoms with Crippen molar-refractivity contribution in [2.75, 3.05) is 12.0 Å². The van der Waals surface area contributed by atoms with Crippen LogP contribution in [-0.4, -0.2) is 18.2 Å². The van der Waals surface area contributed by atoms with Gasteiger partial charge in [-0.1, -0.05) is 43.6 Å². The van der Waals surface area contributed by atoms with Crippen molar-refractivity contribution in [3.63, 3.8) is 0 Å². The third kappa shape index (κ3) is 6.70. The maximum absolute atomic E-state index is 11.4. The molecule has 4 nitrogen and oxygen atoms in total. The first kappa shape index (κ1) is 18.6. The van der Waals surface area contributed by atoms with E-state index in [-0.39, 0.29) is 5.91 Å². The van der Waals surface area contributed by atoms with Crippen molar-refractivity contribution in [1.82, 2.24) is 5.32 Å². The summed E-state index contributed by atoms with van der Waals surface area (Å²) >= 11 is 3.35. The van der Waals surface area contributed by atoms with Gasteiger partial charge in [-0.15, -0.1) is 0 Å². The predicted octanol–water partition coefficient (Wildman–Crippen LogP) is 4.18. The molecule has 0 aliphatic carbocycles. The molecule has 0 unspecified atom stereocenters. The minimum Gasteiger partial charge on any atom is -0.351 e. The van der Waals surface area contributed by atoms with Gasteiger partial charge in [0, 0.05) is 11.0 Å². The number of anilines is 1. The maximum Gasteiger partial charge on any atom is 0.267 e. The van der Waals surface area contributed by atoms with Gasteiger partial charge in [0.15, 0.2) is 0 Å². The number of carbonyl (C=O) groups excluding carboxylic acids is 1. The minimum atomic E-state index is -0.0733. The molecule has 20 heavy (non-hydrogen) atoms. The van der Waals surface area contributed by atoms with Gasteiger partial charge in [0.05, 0.1) is 5.69 Å². The second-order valence-electron chi connectivity index (χ2n) is 3.54. The van der Waals surface area contributed by atoms with Crippen LogP contribution >= 0.6 is 15.9 Å². The van der Waals surface area contributed by atoms with E-state index in [1.807, 2.05) is 52.0 Å². The first-order valence-electron chi connectivity index (χ1n) is 7.12. The van der Waals surface area contributed by atoms with Crippen molar-refractivity contribution in [1.29, 1.82) is 0 Å². The molecule has 1 saturated heterocycles. The van der Waals surface area contributed by atoms with E-state index in [1.165, 1.54) is 0 Å². The number of piperidine rings is 1. The van der Waals surface area contributed by atoms with Crippen LogP contribution in [0.25, 0.3) is 0 Å². The molecule has 5 heteroatoms. The standard InChI is InChI=1S/C11H12BrN3O.2C2H6/c12-8-3-5-9(6-4-8)14-15-10-2-1-7-13-11(10)16;2*1-2/h3-6,14H,1-2,7H2,(H,13,16);2*1-2H3/b15-10-;;. The lowest BCUT2D eigenvalue weighted by atomic mass is 10.1. The van der Waals surface area contributed by atoms with Crippen molar-refractivity contribution in [3.05, 3.63) is 28.7 Å². The smallest absolute Gasteiger partial charge is 0.267 e. The largest absolute Gasteiger partial charge is 0.351 e. The Kier molecular flexibility index (Phi) is 10.7. The average molecular weight is 342 g/mol. The first-order chi connectivity index (χ1) is 9.75. The predicted molar refractivity (Wildman–Crippen MR) is 90.1 cm³/mol. The van der Waals surface area contributed by atoms with Crippen molar-refractivity contribution < 1.29 is 4.79 Å². The summed E-state index contributed by atoms with van der Waals surface area (Å²) in [6, 6.07) is 7.64. The van der Waals surface area contributed by atoms with E-state index in [9.17, 15) is 4.79 Å². The zero-order valence-electron chi connectivity index (χ0n) is 12.7. The molecule has 0 radical (unpaired) electrons. The molecule has 2 N–H and O–H groups in total. The fraction of sp³-hybridized carbons (Fsp3) is 0.467. The molecule has 112 valence electrons. The number of benzene rings is 1. The Hall–Kier alpha value is -1.36. The monoisotopic (exact) mass is 341 g/mol. The van der Waals surface area contributed by atoms with Crippen molar-refractivity contribution in [2.24, 2.45) is 5.10 Å². The Morgan fingerprint density at radius 3 is 2.30 bits per heavy atom. The molecular formula is C15H24BrN3O. The van der Waals surface area contributed by atoms with E-state index in [1.54, 1.807) is 0 Å². The Labute approximate surface area is 130 Å². The topological polar surface area (TPSA) is 53.5 Å². The van der Waals surface area contributed by atoms with Crippen LogP contribution in [0.3, 0.4) is 0 Å². The van der Waals surface area contributed by atoms with Crippen LogP contribution in [-0.2, 0) is 4.79 Å². The highest BCUT2D eigenvalue weighted by Crippen LogP contribution is 2.14. The number of hydrogen-bond acceptors (Lipinski definition) is 3.